The minimum atomic E-state index is -4.73. The first kappa shape index (κ1) is 24.0. The van der Waals surface area contributed by atoms with Gasteiger partial charge in [-0.2, -0.15) is 18.2 Å². The molecule has 2 fully saturated rings. The number of nitrogens with one attached hydrogen (secondary N) is 1. The first-order chi connectivity index (χ1) is 17.0. The zero-order valence-corrected chi connectivity index (χ0v) is 19.7. The molecule has 0 aliphatic carbocycles. The van der Waals surface area contributed by atoms with Crippen molar-refractivity contribution >= 4 is 28.2 Å². The number of anilines is 2. The predicted molar refractivity (Wildman–Crippen MR) is 124 cm³/mol. The summed E-state index contributed by atoms with van der Waals surface area (Å²) < 4.78 is 51.0. The average Bonchev–Trinajstić information content (AvgIpc) is 2.75. The lowest BCUT2D eigenvalue weighted by molar-refractivity contribution is -0.385. The zero-order chi connectivity index (χ0) is 25.8. The number of nitrogens with zero attached hydrogens (tertiary/aromatic N) is 5. The molecule has 2 saturated heterocycles. The summed E-state index contributed by atoms with van der Waals surface area (Å²) in [5, 5.41) is 14.9. The van der Waals surface area contributed by atoms with Crippen LogP contribution in [0, 0.1) is 22.5 Å². The van der Waals surface area contributed by atoms with Crippen LogP contribution in [0.15, 0.2) is 24.3 Å². The Labute approximate surface area is 203 Å². The lowest BCUT2D eigenvalue weighted by Crippen LogP contribution is -2.66. The summed E-state index contributed by atoms with van der Waals surface area (Å²) in [5.74, 6) is 1.15. The van der Waals surface area contributed by atoms with E-state index < -0.39 is 28.4 Å². The molecular weight excluding hydrogens is 481 g/mol. The van der Waals surface area contributed by atoms with E-state index in [0.717, 1.165) is 30.9 Å². The SMILES string of the molecule is COc1nc2nc(C)nc(N[C@H](C)c3cc([N+](=O)[O-])cc(C(F)(F)F)c3)c2cc1N1CC2(COC2)C1. The van der Waals surface area contributed by atoms with Gasteiger partial charge in [-0.25, -0.2) is 9.97 Å². The molecule has 1 spiro atoms. The van der Waals surface area contributed by atoms with Crippen molar-refractivity contribution in [1.82, 2.24) is 15.0 Å². The summed E-state index contributed by atoms with van der Waals surface area (Å²) >= 11 is 0. The number of nitro benzene ring substituents is 1. The molecule has 190 valence electrons. The van der Waals surface area contributed by atoms with Crippen molar-refractivity contribution in [3.8, 4) is 5.88 Å². The number of halogens is 3. The normalized spacial score (nSPS) is 17.4. The number of non-ortho nitro benzene ring substituents is 1. The predicted octanol–water partition coefficient (Wildman–Crippen LogP) is 4.28. The van der Waals surface area contributed by atoms with Crippen LogP contribution in [0.5, 0.6) is 5.88 Å². The van der Waals surface area contributed by atoms with Crippen molar-refractivity contribution in [3.63, 3.8) is 0 Å². The monoisotopic (exact) mass is 504 g/mol. The van der Waals surface area contributed by atoms with Gasteiger partial charge in [-0.1, -0.05) is 0 Å². The molecule has 1 aromatic carbocycles. The highest BCUT2D eigenvalue weighted by Gasteiger charge is 2.49. The maximum atomic E-state index is 13.4. The van der Waals surface area contributed by atoms with Crippen LogP contribution in [0.2, 0.25) is 0 Å². The Morgan fingerprint density at radius 3 is 2.50 bits per heavy atom. The molecule has 0 radical (unpaired) electrons. The molecule has 13 heteroatoms. The molecule has 2 aliphatic heterocycles. The minimum Gasteiger partial charge on any atom is -0.479 e. The van der Waals surface area contributed by atoms with Gasteiger partial charge in [0.2, 0.25) is 5.88 Å². The molecule has 0 bridgehead atoms. The van der Waals surface area contributed by atoms with Crippen molar-refractivity contribution in [2.45, 2.75) is 26.1 Å². The molecule has 5 rings (SSSR count). The van der Waals surface area contributed by atoms with Crippen molar-refractivity contribution in [1.29, 1.82) is 0 Å². The molecule has 1 N–H and O–H groups in total. The maximum absolute atomic E-state index is 13.4. The number of fused-ring (bicyclic) bond motifs is 1. The first-order valence-electron chi connectivity index (χ1n) is 11.2. The van der Waals surface area contributed by atoms with E-state index in [0.29, 0.717) is 47.8 Å². The van der Waals surface area contributed by atoms with Crippen LogP contribution in [-0.4, -0.2) is 53.3 Å². The van der Waals surface area contributed by atoms with E-state index in [1.165, 1.54) is 7.11 Å². The fraction of sp³-hybridized carbons (Fsp3) is 0.435. The number of hydrogen-bond donors (Lipinski definition) is 1. The fourth-order valence-corrected chi connectivity index (χ4v) is 4.57. The van der Waals surface area contributed by atoms with E-state index in [9.17, 15) is 23.3 Å². The largest absolute Gasteiger partial charge is 0.479 e. The van der Waals surface area contributed by atoms with Crippen LogP contribution < -0.4 is 15.0 Å². The average molecular weight is 504 g/mol. The molecule has 36 heavy (non-hydrogen) atoms. The number of nitro groups is 1. The Hall–Kier alpha value is -3.74. The minimum absolute atomic E-state index is 0.0947. The van der Waals surface area contributed by atoms with Gasteiger partial charge in [0.1, 0.15) is 17.3 Å². The molecule has 3 aromatic rings. The number of alkyl halides is 3. The Morgan fingerprint density at radius 2 is 1.92 bits per heavy atom. The maximum Gasteiger partial charge on any atom is 0.416 e. The van der Waals surface area contributed by atoms with Gasteiger partial charge in [0, 0.05) is 25.2 Å². The molecule has 0 amide bonds. The lowest BCUT2D eigenvalue weighted by atomic mass is 9.78. The number of methoxy groups -OCH3 is 1. The van der Waals surface area contributed by atoms with Gasteiger partial charge in [-0.15, -0.1) is 0 Å². The third kappa shape index (κ3) is 4.23. The van der Waals surface area contributed by atoms with E-state index in [-0.39, 0.29) is 11.0 Å². The van der Waals surface area contributed by atoms with Crippen LogP contribution in [0.3, 0.4) is 0 Å². The number of rotatable bonds is 6. The summed E-state index contributed by atoms with van der Waals surface area (Å²) in [6.45, 7) is 6.27. The highest BCUT2D eigenvalue weighted by Crippen LogP contribution is 2.44. The van der Waals surface area contributed by atoms with Gasteiger partial charge < -0.3 is 19.7 Å². The highest BCUT2D eigenvalue weighted by molar-refractivity contribution is 5.91. The number of ether oxygens (including phenoxy) is 2. The summed E-state index contributed by atoms with van der Waals surface area (Å²) in [6, 6.07) is 3.64. The molecule has 1 atom stereocenters. The second kappa shape index (κ2) is 8.43. The summed E-state index contributed by atoms with van der Waals surface area (Å²) in [5.41, 5.74) is -0.382. The van der Waals surface area contributed by atoms with Gasteiger partial charge in [0.25, 0.3) is 5.69 Å². The van der Waals surface area contributed by atoms with Crippen molar-refractivity contribution in [3.05, 3.63) is 51.3 Å². The van der Waals surface area contributed by atoms with Crippen LogP contribution in [0.25, 0.3) is 11.0 Å². The smallest absolute Gasteiger partial charge is 0.416 e. The molecule has 0 saturated carbocycles. The second-order valence-corrected chi connectivity index (χ2v) is 9.29. The number of aromatic nitrogens is 3. The molecular formula is C23H23F3N6O4. The van der Waals surface area contributed by atoms with E-state index in [1.807, 2.05) is 6.07 Å². The quantitative estimate of drug-likeness (QED) is 0.388. The number of pyridine rings is 1. The van der Waals surface area contributed by atoms with Crippen molar-refractivity contribution < 1.29 is 27.6 Å². The Morgan fingerprint density at radius 1 is 1.19 bits per heavy atom. The van der Waals surface area contributed by atoms with E-state index >= 15 is 0 Å². The first-order valence-corrected chi connectivity index (χ1v) is 11.2. The molecule has 2 aliphatic rings. The molecule has 2 aromatic heterocycles. The van der Waals surface area contributed by atoms with Crippen LogP contribution in [-0.2, 0) is 10.9 Å². The van der Waals surface area contributed by atoms with Crippen molar-refractivity contribution in [2.75, 3.05) is 43.6 Å². The number of hydrogen-bond acceptors (Lipinski definition) is 9. The molecule has 4 heterocycles. The van der Waals surface area contributed by atoms with Crippen LogP contribution in [0.1, 0.15) is 29.9 Å². The Balaban J connectivity index is 1.52. The van der Waals surface area contributed by atoms with Gasteiger partial charge in [0.05, 0.1) is 47.7 Å². The fourth-order valence-electron chi connectivity index (χ4n) is 4.57. The van der Waals surface area contributed by atoms with Gasteiger partial charge in [-0.3, -0.25) is 10.1 Å². The Kier molecular flexibility index (Phi) is 5.62. The highest BCUT2D eigenvalue weighted by atomic mass is 19.4. The van der Waals surface area contributed by atoms with Gasteiger partial charge in [0.15, 0.2) is 5.65 Å². The lowest BCUT2D eigenvalue weighted by Gasteiger charge is -2.55. The topological polar surface area (TPSA) is 116 Å². The van der Waals surface area contributed by atoms with Crippen molar-refractivity contribution in [2.24, 2.45) is 5.41 Å². The zero-order valence-electron chi connectivity index (χ0n) is 19.7. The standard InChI is InChI=1S/C23H23F3N6O4/c1-12(14-4-15(23(24,25)26)6-16(5-14)32(33)34)27-19-17-7-18(31-8-22(9-31)10-36-11-22)21(35-3)30-20(17)29-13(2)28-19/h4-7,12H,8-11H2,1-3H3,(H,27,28,29,30)/t12-/m1/s1. The van der Waals surface area contributed by atoms with Crippen LogP contribution in [0.4, 0.5) is 30.4 Å². The van der Waals surface area contributed by atoms with Crippen LogP contribution >= 0.6 is 0 Å². The molecule has 10 nitrogen and oxygen atoms in total. The summed E-state index contributed by atoms with van der Waals surface area (Å²) in [7, 11) is 1.52. The van der Waals surface area contributed by atoms with E-state index in [4.69, 9.17) is 9.47 Å². The number of benzene rings is 1. The van der Waals surface area contributed by atoms with E-state index in [2.05, 4.69) is 25.2 Å². The summed E-state index contributed by atoms with van der Waals surface area (Å²) in [4.78, 5) is 25.9. The molecule has 0 unspecified atom stereocenters. The Bertz CT molecular complexity index is 1350. The second-order valence-electron chi connectivity index (χ2n) is 9.29. The van der Waals surface area contributed by atoms with Gasteiger partial charge >= 0.3 is 6.18 Å². The summed E-state index contributed by atoms with van der Waals surface area (Å²) in [6.07, 6.45) is -4.73. The third-order valence-corrected chi connectivity index (χ3v) is 6.48. The third-order valence-electron chi connectivity index (χ3n) is 6.48. The van der Waals surface area contributed by atoms with Gasteiger partial charge in [-0.05, 0) is 31.5 Å². The van der Waals surface area contributed by atoms with E-state index in [1.54, 1.807) is 13.8 Å². The number of aryl methyl sites for hydroxylation is 1.